The minimum Gasteiger partial charge on any atom is -0.338 e. The molecule has 0 radical (unpaired) electrons. The summed E-state index contributed by atoms with van der Waals surface area (Å²) in [5.74, 6) is 0. The van der Waals surface area contributed by atoms with Crippen molar-refractivity contribution >= 4 is 17.1 Å². The largest absolute Gasteiger partial charge is 0.338 e. The van der Waals surface area contributed by atoms with Crippen LogP contribution >= 0.6 is 0 Å². The monoisotopic (exact) mass is 309 g/mol. The number of para-hydroxylation sites is 2. The van der Waals surface area contributed by atoms with Crippen molar-refractivity contribution in [3.05, 3.63) is 60.7 Å². The van der Waals surface area contributed by atoms with Crippen molar-refractivity contribution < 1.29 is 4.79 Å². The molecule has 0 bridgehead atoms. The SMILES string of the molecule is O=C(NCCCn1cnc2ccccc21)NCc1ccccn1. The molecule has 2 aromatic heterocycles. The molecule has 0 aliphatic rings. The summed E-state index contributed by atoms with van der Waals surface area (Å²) in [6, 6.07) is 13.5. The van der Waals surface area contributed by atoms with Crippen LogP contribution in [0.2, 0.25) is 0 Å². The number of aryl methyl sites for hydroxylation is 1. The van der Waals surface area contributed by atoms with Gasteiger partial charge in [-0.05, 0) is 30.7 Å². The van der Waals surface area contributed by atoms with Gasteiger partial charge < -0.3 is 15.2 Å². The second kappa shape index (κ2) is 7.40. The van der Waals surface area contributed by atoms with Gasteiger partial charge in [0, 0.05) is 19.3 Å². The van der Waals surface area contributed by atoms with Crippen LogP contribution in [0.5, 0.6) is 0 Å². The summed E-state index contributed by atoms with van der Waals surface area (Å²) in [6.07, 6.45) is 4.40. The number of nitrogens with zero attached hydrogens (tertiary/aromatic N) is 3. The number of urea groups is 1. The Balaban J connectivity index is 1.39. The zero-order valence-corrected chi connectivity index (χ0v) is 12.8. The maximum Gasteiger partial charge on any atom is 0.315 e. The van der Waals surface area contributed by atoms with Crippen LogP contribution in [-0.2, 0) is 13.1 Å². The Hall–Kier alpha value is -2.89. The van der Waals surface area contributed by atoms with Crippen molar-refractivity contribution in [1.29, 1.82) is 0 Å². The van der Waals surface area contributed by atoms with Gasteiger partial charge in [0.25, 0.3) is 0 Å². The van der Waals surface area contributed by atoms with Gasteiger partial charge in [0.1, 0.15) is 0 Å². The van der Waals surface area contributed by atoms with Crippen molar-refractivity contribution in [3.63, 3.8) is 0 Å². The van der Waals surface area contributed by atoms with Gasteiger partial charge in [0.05, 0.1) is 29.6 Å². The molecule has 0 saturated carbocycles. The summed E-state index contributed by atoms with van der Waals surface area (Å²) in [5, 5.41) is 5.64. The summed E-state index contributed by atoms with van der Waals surface area (Å²) in [7, 11) is 0. The molecule has 2 heterocycles. The first-order valence-corrected chi connectivity index (χ1v) is 7.64. The first-order valence-electron chi connectivity index (χ1n) is 7.64. The number of pyridine rings is 1. The van der Waals surface area contributed by atoms with Crippen LogP contribution in [0, 0.1) is 0 Å². The van der Waals surface area contributed by atoms with Crippen LogP contribution in [-0.4, -0.2) is 27.1 Å². The molecular formula is C17H19N5O. The van der Waals surface area contributed by atoms with E-state index in [0.717, 1.165) is 29.7 Å². The van der Waals surface area contributed by atoms with E-state index >= 15 is 0 Å². The number of carbonyl (C=O) groups is 1. The first-order chi connectivity index (χ1) is 11.3. The lowest BCUT2D eigenvalue weighted by atomic mass is 10.3. The molecular weight excluding hydrogens is 290 g/mol. The Labute approximate surface area is 134 Å². The van der Waals surface area contributed by atoms with E-state index in [9.17, 15) is 4.79 Å². The predicted octanol–water partition coefficient (Wildman–Crippen LogP) is 2.32. The molecule has 0 unspecified atom stereocenters. The van der Waals surface area contributed by atoms with E-state index in [4.69, 9.17) is 0 Å². The molecule has 0 atom stereocenters. The summed E-state index contributed by atoms with van der Waals surface area (Å²) in [4.78, 5) is 20.2. The number of hydrogen-bond donors (Lipinski definition) is 2. The molecule has 118 valence electrons. The third-order valence-corrected chi connectivity index (χ3v) is 3.54. The average molecular weight is 309 g/mol. The lowest BCUT2D eigenvalue weighted by Crippen LogP contribution is -2.36. The maximum absolute atomic E-state index is 11.7. The highest BCUT2D eigenvalue weighted by molar-refractivity contribution is 5.75. The number of nitrogens with one attached hydrogen (secondary N) is 2. The predicted molar refractivity (Wildman–Crippen MR) is 88.8 cm³/mol. The Kier molecular flexibility index (Phi) is 4.83. The minimum absolute atomic E-state index is 0.175. The fraction of sp³-hybridized carbons (Fsp3) is 0.235. The number of benzene rings is 1. The zero-order chi connectivity index (χ0) is 15.9. The molecule has 0 spiro atoms. The van der Waals surface area contributed by atoms with Crippen LogP contribution < -0.4 is 10.6 Å². The molecule has 23 heavy (non-hydrogen) atoms. The lowest BCUT2D eigenvalue weighted by molar-refractivity contribution is 0.240. The first kappa shape index (κ1) is 15.0. The summed E-state index contributed by atoms with van der Waals surface area (Å²) in [5.41, 5.74) is 2.95. The molecule has 3 rings (SSSR count). The maximum atomic E-state index is 11.7. The molecule has 0 aliphatic carbocycles. The van der Waals surface area contributed by atoms with Crippen LogP contribution in [0.25, 0.3) is 11.0 Å². The van der Waals surface area contributed by atoms with Crippen LogP contribution in [0.4, 0.5) is 4.79 Å². The second-order valence-corrected chi connectivity index (χ2v) is 5.21. The summed E-state index contributed by atoms with van der Waals surface area (Å²) >= 11 is 0. The number of fused-ring (bicyclic) bond motifs is 1. The Bertz CT molecular complexity index is 769. The van der Waals surface area contributed by atoms with E-state index < -0.39 is 0 Å². The summed E-state index contributed by atoms with van der Waals surface area (Å²) in [6.45, 7) is 1.86. The third-order valence-electron chi connectivity index (χ3n) is 3.54. The van der Waals surface area contributed by atoms with Gasteiger partial charge in [-0.3, -0.25) is 4.98 Å². The fourth-order valence-corrected chi connectivity index (χ4v) is 2.38. The van der Waals surface area contributed by atoms with Gasteiger partial charge >= 0.3 is 6.03 Å². The quantitative estimate of drug-likeness (QED) is 0.686. The van der Waals surface area contributed by atoms with Crippen molar-refractivity contribution in [2.75, 3.05) is 6.54 Å². The highest BCUT2D eigenvalue weighted by Crippen LogP contribution is 2.11. The number of aromatic nitrogens is 3. The van der Waals surface area contributed by atoms with Crippen LogP contribution in [0.1, 0.15) is 12.1 Å². The molecule has 3 aromatic rings. The number of rotatable bonds is 6. The normalized spacial score (nSPS) is 10.6. The average Bonchev–Trinajstić information content (AvgIpc) is 3.01. The van der Waals surface area contributed by atoms with E-state index in [2.05, 4.69) is 31.2 Å². The molecule has 0 saturated heterocycles. The molecule has 6 heteroatoms. The van der Waals surface area contributed by atoms with Crippen molar-refractivity contribution in [2.24, 2.45) is 0 Å². The molecule has 6 nitrogen and oxygen atoms in total. The van der Waals surface area contributed by atoms with E-state index in [-0.39, 0.29) is 6.03 Å². The van der Waals surface area contributed by atoms with E-state index in [0.29, 0.717) is 13.1 Å². The highest BCUT2D eigenvalue weighted by atomic mass is 16.2. The van der Waals surface area contributed by atoms with E-state index in [1.807, 2.05) is 42.7 Å². The van der Waals surface area contributed by atoms with Gasteiger partial charge in [-0.2, -0.15) is 0 Å². The van der Waals surface area contributed by atoms with Crippen molar-refractivity contribution in [2.45, 2.75) is 19.5 Å². The Morgan fingerprint density at radius 3 is 2.78 bits per heavy atom. The zero-order valence-electron chi connectivity index (χ0n) is 12.8. The minimum atomic E-state index is -0.175. The molecule has 0 aliphatic heterocycles. The summed E-state index contributed by atoms with van der Waals surface area (Å²) < 4.78 is 2.10. The number of imidazole rings is 1. The molecule has 0 fully saturated rings. The molecule has 1 aromatic carbocycles. The number of carbonyl (C=O) groups excluding carboxylic acids is 1. The van der Waals surface area contributed by atoms with Gasteiger partial charge in [-0.15, -0.1) is 0 Å². The molecule has 2 amide bonds. The van der Waals surface area contributed by atoms with Crippen LogP contribution in [0.15, 0.2) is 55.0 Å². The standard InChI is InChI=1S/C17H19N5O/c23-17(20-12-14-6-3-4-9-18-14)19-10-5-11-22-13-21-15-7-1-2-8-16(15)22/h1-4,6-9,13H,5,10-12H2,(H2,19,20,23). The van der Waals surface area contributed by atoms with Crippen molar-refractivity contribution in [3.8, 4) is 0 Å². The van der Waals surface area contributed by atoms with E-state index in [1.54, 1.807) is 6.20 Å². The van der Waals surface area contributed by atoms with E-state index in [1.165, 1.54) is 0 Å². The Morgan fingerprint density at radius 1 is 1.04 bits per heavy atom. The smallest absolute Gasteiger partial charge is 0.315 e. The fourth-order valence-electron chi connectivity index (χ4n) is 2.38. The van der Waals surface area contributed by atoms with Gasteiger partial charge in [-0.1, -0.05) is 18.2 Å². The van der Waals surface area contributed by atoms with Gasteiger partial charge in [0.2, 0.25) is 0 Å². The Morgan fingerprint density at radius 2 is 1.91 bits per heavy atom. The number of hydrogen-bond acceptors (Lipinski definition) is 3. The molecule has 2 N–H and O–H groups in total. The third kappa shape index (κ3) is 4.06. The highest BCUT2D eigenvalue weighted by Gasteiger charge is 2.02. The second-order valence-electron chi connectivity index (χ2n) is 5.21. The lowest BCUT2D eigenvalue weighted by Gasteiger charge is -2.08. The van der Waals surface area contributed by atoms with Crippen molar-refractivity contribution in [1.82, 2.24) is 25.2 Å². The topological polar surface area (TPSA) is 71.8 Å². The van der Waals surface area contributed by atoms with Gasteiger partial charge in [-0.25, -0.2) is 9.78 Å². The number of amides is 2. The van der Waals surface area contributed by atoms with Gasteiger partial charge in [0.15, 0.2) is 0 Å². The van der Waals surface area contributed by atoms with Crippen LogP contribution in [0.3, 0.4) is 0 Å².